The summed E-state index contributed by atoms with van der Waals surface area (Å²) in [5, 5.41) is 0. The maximum Gasteiger partial charge on any atom is 0.0143 e. The Balaban J connectivity index is 2.34. The first-order valence-corrected chi connectivity index (χ1v) is 8.20. The van der Waals surface area contributed by atoms with E-state index in [0.717, 1.165) is 12.8 Å². The summed E-state index contributed by atoms with van der Waals surface area (Å²) in [5.74, 6) is 1.15. The third-order valence-electron chi connectivity index (χ3n) is 4.84. The zero-order valence-corrected chi connectivity index (χ0v) is 14.2. The summed E-state index contributed by atoms with van der Waals surface area (Å²) in [7, 11) is 0. The maximum absolute atomic E-state index is 3.90. The molecule has 2 atom stereocenters. The molecule has 116 valence electrons. The van der Waals surface area contributed by atoms with Crippen LogP contribution in [0.25, 0.3) is 0 Å². The van der Waals surface area contributed by atoms with Gasteiger partial charge in [0, 0.05) is 5.41 Å². The molecule has 0 saturated heterocycles. The molecule has 0 bridgehead atoms. The average molecular weight is 292 g/mol. The van der Waals surface area contributed by atoms with Crippen molar-refractivity contribution in [2.45, 2.75) is 39.0 Å². The molecule has 1 aliphatic rings. The minimum absolute atomic E-state index is 0.0211. The Morgan fingerprint density at radius 1 is 1.18 bits per heavy atom. The zero-order chi connectivity index (χ0) is 16.2. The molecule has 2 rings (SSSR count). The van der Waals surface area contributed by atoms with Crippen LogP contribution in [0.2, 0.25) is 0 Å². The molecule has 0 heterocycles. The van der Waals surface area contributed by atoms with Gasteiger partial charge in [0.1, 0.15) is 0 Å². The van der Waals surface area contributed by atoms with E-state index >= 15 is 0 Å². The Hall–Kier alpha value is -1.82. The molecular formula is C22H28. The number of hydrogen-bond acceptors (Lipinski definition) is 0. The number of benzene rings is 1. The van der Waals surface area contributed by atoms with Crippen LogP contribution >= 0.6 is 0 Å². The molecule has 0 spiro atoms. The normalized spacial score (nSPS) is 21.3. The lowest BCUT2D eigenvalue weighted by atomic mass is 9.72. The Morgan fingerprint density at radius 2 is 1.95 bits per heavy atom. The highest BCUT2D eigenvalue weighted by molar-refractivity contribution is 5.43. The van der Waals surface area contributed by atoms with Gasteiger partial charge in [-0.3, -0.25) is 0 Å². The summed E-state index contributed by atoms with van der Waals surface area (Å²) in [6.45, 7) is 14.7. The maximum atomic E-state index is 3.90. The molecule has 0 heteroatoms. The molecule has 0 radical (unpaired) electrons. The van der Waals surface area contributed by atoms with Gasteiger partial charge in [-0.1, -0.05) is 75.4 Å². The van der Waals surface area contributed by atoms with E-state index in [9.17, 15) is 0 Å². The molecule has 0 fully saturated rings. The summed E-state index contributed by atoms with van der Waals surface area (Å²) in [6, 6.07) is 8.89. The third-order valence-corrected chi connectivity index (χ3v) is 4.84. The summed E-state index contributed by atoms with van der Waals surface area (Å²) >= 11 is 0. The van der Waals surface area contributed by atoms with Crippen molar-refractivity contribution in [1.29, 1.82) is 0 Å². The number of allylic oxidation sites excluding steroid dienone is 6. The van der Waals surface area contributed by atoms with Crippen molar-refractivity contribution in [1.82, 2.24) is 0 Å². The van der Waals surface area contributed by atoms with Gasteiger partial charge in [0.05, 0.1) is 0 Å². The lowest BCUT2D eigenvalue weighted by molar-refractivity contribution is 0.494. The highest BCUT2D eigenvalue weighted by Crippen LogP contribution is 2.38. The third kappa shape index (κ3) is 3.50. The van der Waals surface area contributed by atoms with E-state index in [1.54, 1.807) is 0 Å². The molecule has 0 saturated carbocycles. The van der Waals surface area contributed by atoms with E-state index < -0.39 is 0 Å². The van der Waals surface area contributed by atoms with E-state index in [2.05, 4.69) is 76.4 Å². The highest BCUT2D eigenvalue weighted by atomic mass is 14.3. The fourth-order valence-electron chi connectivity index (χ4n) is 3.15. The lowest BCUT2D eigenvalue weighted by Gasteiger charge is -2.32. The van der Waals surface area contributed by atoms with Gasteiger partial charge in [0.2, 0.25) is 0 Å². The smallest absolute Gasteiger partial charge is 0.0143 e. The van der Waals surface area contributed by atoms with E-state index in [1.165, 1.54) is 16.7 Å². The van der Waals surface area contributed by atoms with E-state index in [4.69, 9.17) is 0 Å². The van der Waals surface area contributed by atoms with Crippen molar-refractivity contribution >= 4 is 0 Å². The van der Waals surface area contributed by atoms with Gasteiger partial charge in [-0.15, -0.1) is 13.2 Å². The Morgan fingerprint density at radius 3 is 2.64 bits per heavy atom. The van der Waals surface area contributed by atoms with Crippen molar-refractivity contribution in [2.24, 2.45) is 11.8 Å². The van der Waals surface area contributed by atoms with Crippen molar-refractivity contribution < 1.29 is 0 Å². The van der Waals surface area contributed by atoms with Crippen LogP contribution in [0.5, 0.6) is 0 Å². The van der Waals surface area contributed by atoms with Gasteiger partial charge in [0.25, 0.3) is 0 Å². The van der Waals surface area contributed by atoms with Gasteiger partial charge in [-0.2, -0.15) is 0 Å². The zero-order valence-electron chi connectivity index (χ0n) is 14.2. The topological polar surface area (TPSA) is 0 Å². The van der Waals surface area contributed by atoms with Crippen LogP contribution in [0.15, 0.2) is 73.4 Å². The van der Waals surface area contributed by atoms with Gasteiger partial charge >= 0.3 is 0 Å². The van der Waals surface area contributed by atoms with Crippen molar-refractivity contribution in [3.8, 4) is 0 Å². The van der Waals surface area contributed by atoms with Crippen LogP contribution in [0, 0.1) is 11.8 Å². The molecule has 0 aliphatic heterocycles. The summed E-state index contributed by atoms with van der Waals surface area (Å²) in [4.78, 5) is 0. The minimum Gasteiger partial charge on any atom is -0.103 e. The molecule has 0 amide bonds. The highest BCUT2D eigenvalue weighted by Gasteiger charge is 2.28. The van der Waals surface area contributed by atoms with Crippen LogP contribution in [-0.2, 0) is 11.8 Å². The minimum atomic E-state index is 0.0211. The molecule has 0 aromatic heterocycles. The Kier molecular flexibility index (Phi) is 5.24. The Labute approximate surface area is 136 Å². The monoisotopic (exact) mass is 292 g/mol. The second-order valence-corrected chi connectivity index (χ2v) is 6.85. The summed E-state index contributed by atoms with van der Waals surface area (Å²) in [5.41, 5.74) is 4.13. The molecule has 0 nitrogen and oxygen atoms in total. The van der Waals surface area contributed by atoms with E-state index in [0.29, 0.717) is 11.8 Å². The lowest BCUT2D eigenvalue weighted by Crippen LogP contribution is -2.23. The van der Waals surface area contributed by atoms with Crippen molar-refractivity contribution in [2.75, 3.05) is 0 Å². The standard InChI is InChI=1S/C22H28/c1-6-9-18-11-8-12-20(15-18)22(4,5)21-14-13-17(3)19(16-21)10-7-2/h6-8,11-17,19H,1-2,9-10H2,3-5H3. The van der Waals surface area contributed by atoms with Crippen LogP contribution < -0.4 is 0 Å². The predicted octanol–water partition coefficient (Wildman–Crippen LogP) is 6.02. The second-order valence-electron chi connectivity index (χ2n) is 6.85. The first-order chi connectivity index (χ1) is 10.5. The summed E-state index contributed by atoms with van der Waals surface area (Å²) < 4.78 is 0. The number of rotatable bonds is 6. The molecule has 1 aliphatic carbocycles. The fraction of sp³-hybridized carbons (Fsp3) is 0.364. The van der Waals surface area contributed by atoms with Gasteiger partial charge in [-0.25, -0.2) is 0 Å². The molecule has 1 aromatic rings. The van der Waals surface area contributed by atoms with E-state index in [1.807, 2.05) is 12.2 Å². The van der Waals surface area contributed by atoms with Crippen molar-refractivity contribution in [3.05, 3.63) is 84.5 Å². The molecule has 22 heavy (non-hydrogen) atoms. The quantitative estimate of drug-likeness (QED) is 0.563. The van der Waals surface area contributed by atoms with Crippen LogP contribution in [-0.4, -0.2) is 0 Å². The molecule has 0 N–H and O–H groups in total. The second kappa shape index (κ2) is 6.96. The van der Waals surface area contributed by atoms with Gasteiger partial charge in [0.15, 0.2) is 0 Å². The average Bonchev–Trinajstić information content (AvgIpc) is 2.50. The molecular weight excluding hydrogens is 264 g/mol. The van der Waals surface area contributed by atoms with Gasteiger partial charge in [-0.05, 0) is 41.4 Å². The SMILES string of the molecule is C=CCc1cccc(C(C)(C)C2=CC(CC=C)C(C)C=C2)c1. The Bertz CT molecular complexity index is 598. The predicted molar refractivity (Wildman–Crippen MR) is 98.1 cm³/mol. The van der Waals surface area contributed by atoms with Crippen LogP contribution in [0.1, 0.15) is 38.3 Å². The molecule has 2 unspecified atom stereocenters. The van der Waals surface area contributed by atoms with Crippen LogP contribution in [0.4, 0.5) is 0 Å². The van der Waals surface area contributed by atoms with Gasteiger partial charge < -0.3 is 0 Å². The largest absolute Gasteiger partial charge is 0.103 e. The molecule has 1 aromatic carbocycles. The summed E-state index contributed by atoms with van der Waals surface area (Å²) in [6.07, 6.45) is 13.1. The number of hydrogen-bond donors (Lipinski definition) is 0. The first kappa shape index (κ1) is 16.5. The van der Waals surface area contributed by atoms with E-state index in [-0.39, 0.29) is 5.41 Å². The first-order valence-electron chi connectivity index (χ1n) is 8.20. The van der Waals surface area contributed by atoms with Crippen LogP contribution in [0.3, 0.4) is 0 Å². The fourth-order valence-corrected chi connectivity index (χ4v) is 3.15. The van der Waals surface area contributed by atoms with Crippen molar-refractivity contribution in [3.63, 3.8) is 0 Å².